The van der Waals surface area contributed by atoms with Gasteiger partial charge in [-0.2, -0.15) is 4.98 Å². The number of benzene rings is 1. The van der Waals surface area contributed by atoms with Crippen molar-refractivity contribution in [1.82, 2.24) is 25.1 Å². The summed E-state index contributed by atoms with van der Waals surface area (Å²) in [5.41, 5.74) is 1.59. The van der Waals surface area contributed by atoms with Gasteiger partial charge in [0.05, 0.1) is 28.6 Å². The van der Waals surface area contributed by atoms with E-state index in [1.807, 2.05) is 44.2 Å². The highest BCUT2D eigenvalue weighted by molar-refractivity contribution is 7.84. The molecule has 0 amide bonds. The smallest absolute Gasteiger partial charge is 0.226 e. The summed E-state index contributed by atoms with van der Waals surface area (Å²) in [6.07, 6.45) is 3.47. The van der Waals surface area contributed by atoms with E-state index < -0.39 is 10.8 Å². The van der Waals surface area contributed by atoms with Gasteiger partial charge in [0.1, 0.15) is 0 Å². The Hall–Kier alpha value is -2.35. The van der Waals surface area contributed by atoms with Gasteiger partial charge >= 0.3 is 0 Å². The van der Waals surface area contributed by atoms with E-state index in [2.05, 4.69) is 20.5 Å². The molecule has 0 spiro atoms. The Morgan fingerprint density at radius 2 is 2.08 bits per heavy atom. The van der Waals surface area contributed by atoms with Crippen molar-refractivity contribution >= 4 is 10.8 Å². The van der Waals surface area contributed by atoms with Crippen molar-refractivity contribution in [2.24, 2.45) is 0 Å². The number of para-hydroxylation sites is 1. The van der Waals surface area contributed by atoms with Crippen LogP contribution in [0.2, 0.25) is 0 Å². The van der Waals surface area contributed by atoms with Crippen LogP contribution in [0.1, 0.15) is 42.9 Å². The zero-order chi connectivity index (χ0) is 16.9. The van der Waals surface area contributed by atoms with Crippen molar-refractivity contribution in [2.75, 3.05) is 0 Å². The summed E-state index contributed by atoms with van der Waals surface area (Å²) in [7, 11) is -1.20. The summed E-state index contributed by atoms with van der Waals surface area (Å²) < 4.78 is 19.3. The molecule has 3 aromatic rings. The first kappa shape index (κ1) is 16.5. The molecule has 0 aliphatic carbocycles. The maximum absolute atomic E-state index is 12.5. The fraction of sp³-hybridized carbons (Fsp3) is 0.375. The monoisotopic (exact) mass is 345 g/mol. The normalized spacial score (nSPS) is 13.8. The highest BCUT2D eigenvalue weighted by Gasteiger charge is 2.20. The Bertz CT molecular complexity index is 815. The van der Waals surface area contributed by atoms with Crippen LogP contribution >= 0.6 is 0 Å². The molecule has 126 valence electrons. The third-order valence-corrected chi connectivity index (χ3v) is 5.16. The van der Waals surface area contributed by atoms with Crippen LogP contribution in [0.4, 0.5) is 0 Å². The summed E-state index contributed by atoms with van der Waals surface area (Å²) in [5, 5.41) is 11.9. The maximum Gasteiger partial charge on any atom is 0.226 e. The molecule has 7 nitrogen and oxygen atoms in total. The molecule has 2 aromatic heterocycles. The number of nitrogens with zero attached hydrogens (tertiary/aromatic N) is 5. The van der Waals surface area contributed by atoms with E-state index in [0.717, 1.165) is 18.5 Å². The van der Waals surface area contributed by atoms with E-state index in [1.165, 1.54) is 0 Å². The molecule has 0 unspecified atom stereocenters. The zero-order valence-corrected chi connectivity index (χ0v) is 14.4. The van der Waals surface area contributed by atoms with Gasteiger partial charge in [-0.15, -0.1) is 5.10 Å². The Morgan fingerprint density at radius 1 is 1.29 bits per heavy atom. The van der Waals surface area contributed by atoms with Crippen LogP contribution in [-0.4, -0.2) is 29.3 Å². The largest absolute Gasteiger partial charge is 0.339 e. The van der Waals surface area contributed by atoms with Gasteiger partial charge in [0.2, 0.25) is 5.89 Å². The highest BCUT2D eigenvalue weighted by atomic mass is 32.2. The highest BCUT2D eigenvalue weighted by Crippen LogP contribution is 2.20. The molecule has 0 N–H and O–H groups in total. The van der Waals surface area contributed by atoms with Crippen molar-refractivity contribution in [2.45, 2.75) is 37.7 Å². The summed E-state index contributed by atoms with van der Waals surface area (Å²) in [5.74, 6) is 1.30. The van der Waals surface area contributed by atoms with Crippen LogP contribution < -0.4 is 0 Å². The van der Waals surface area contributed by atoms with Gasteiger partial charge < -0.3 is 4.52 Å². The number of hydrogen-bond donors (Lipinski definition) is 0. The fourth-order valence-electron chi connectivity index (χ4n) is 2.22. The third-order valence-electron chi connectivity index (χ3n) is 3.59. The van der Waals surface area contributed by atoms with Crippen LogP contribution in [0.3, 0.4) is 0 Å². The zero-order valence-electron chi connectivity index (χ0n) is 13.6. The molecule has 1 aromatic carbocycles. The van der Waals surface area contributed by atoms with Crippen molar-refractivity contribution in [3.05, 3.63) is 53.9 Å². The first-order valence-corrected chi connectivity index (χ1v) is 9.22. The standard InChI is InChI=1S/C16H19N5O2S/c1-3-7-16-17-15(19-23-16)11-24(22)12(2)14-10-21(20-18-14)13-8-5-4-6-9-13/h4-6,8-10,12H,3,7,11H2,1-2H3/t12-,24-/m1/s1. The van der Waals surface area contributed by atoms with Gasteiger partial charge in [-0.05, 0) is 25.5 Å². The van der Waals surface area contributed by atoms with Crippen molar-refractivity contribution in [1.29, 1.82) is 0 Å². The second-order valence-electron chi connectivity index (χ2n) is 5.45. The lowest BCUT2D eigenvalue weighted by molar-refractivity contribution is 0.373. The van der Waals surface area contributed by atoms with E-state index in [9.17, 15) is 4.21 Å². The number of aromatic nitrogens is 5. The molecule has 0 saturated carbocycles. The molecule has 2 heterocycles. The van der Waals surface area contributed by atoms with Gasteiger partial charge in [0, 0.05) is 17.2 Å². The lowest BCUT2D eigenvalue weighted by Crippen LogP contribution is -2.07. The van der Waals surface area contributed by atoms with Crippen LogP contribution in [0.5, 0.6) is 0 Å². The first-order valence-electron chi connectivity index (χ1n) is 7.83. The molecule has 0 saturated heterocycles. The third kappa shape index (κ3) is 3.76. The summed E-state index contributed by atoms with van der Waals surface area (Å²) in [6, 6.07) is 9.69. The molecule has 0 aliphatic rings. The SMILES string of the molecule is CCCc1nc(C[S@@](=O)[C@H](C)c2cn(-c3ccccc3)nn2)no1. The van der Waals surface area contributed by atoms with Gasteiger partial charge in [0.15, 0.2) is 5.82 Å². The number of hydrogen-bond acceptors (Lipinski definition) is 6. The van der Waals surface area contributed by atoms with Crippen molar-refractivity contribution < 1.29 is 8.73 Å². The predicted molar refractivity (Wildman–Crippen MR) is 89.9 cm³/mol. The number of rotatable bonds is 7. The van der Waals surface area contributed by atoms with Crippen LogP contribution in [0, 0.1) is 0 Å². The molecule has 3 rings (SSSR count). The minimum Gasteiger partial charge on any atom is -0.339 e. The van der Waals surface area contributed by atoms with Crippen LogP contribution in [0.25, 0.3) is 5.69 Å². The van der Waals surface area contributed by atoms with Gasteiger partial charge in [-0.1, -0.05) is 35.5 Å². The molecular weight excluding hydrogens is 326 g/mol. The number of aryl methyl sites for hydroxylation is 1. The van der Waals surface area contributed by atoms with E-state index >= 15 is 0 Å². The van der Waals surface area contributed by atoms with E-state index in [-0.39, 0.29) is 11.0 Å². The minimum absolute atomic E-state index is 0.243. The average Bonchev–Trinajstić information content (AvgIpc) is 3.25. The van der Waals surface area contributed by atoms with Crippen LogP contribution in [-0.2, 0) is 23.0 Å². The molecule has 8 heteroatoms. The minimum atomic E-state index is -1.20. The first-order chi connectivity index (χ1) is 11.7. The van der Waals surface area contributed by atoms with Gasteiger partial charge in [-0.3, -0.25) is 4.21 Å². The van der Waals surface area contributed by atoms with Crippen LogP contribution in [0.15, 0.2) is 41.1 Å². The Balaban J connectivity index is 1.68. The Kier molecular flexibility index (Phi) is 5.14. The molecule has 24 heavy (non-hydrogen) atoms. The molecular formula is C16H19N5O2S. The average molecular weight is 345 g/mol. The van der Waals surface area contributed by atoms with Crippen molar-refractivity contribution in [3.63, 3.8) is 0 Å². The second kappa shape index (κ2) is 7.48. The summed E-state index contributed by atoms with van der Waals surface area (Å²) >= 11 is 0. The molecule has 0 bridgehead atoms. The van der Waals surface area contributed by atoms with Gasteiger partial charge in [0.25, 0.3) is 0 Å². The van der Waals surface area contributed by atoms with E-state index in [0.29, 0.717) is 17.4 Å². The van der Waals surface area contributed by atoms with E-state index in [4.69, 9.17) is 4.52 Å². The second-order valence-corrected chi connectivity index (χ2v) is 7.20. The molecule has 2 atom stereocenters. The van der Waals surface area contributed by atoms with E-state index in [1.54, 1.807) is 10.9 Å². The summed E-state index contributed by atoms with van der Waals surface area (Å²) in [6.45, 7) is 3.91. The molecule has 0 fully saturated rings. The quantitative estimate of drug-likeness (QED) is 0.654. The predicted octanol–water partition coefficient (Wildman–Crippen LogP) is 2.61. The maximum atomic E-state index is 12.5. The lowest BCUT2D eigenvalue weighted by Gasteiger charge is -2.05. The Labute approximate surface area is 142 Å². The fourth-order valence-corrected chi connectivity index (χ4v) is 3.22. The topological polar surface area (TPSA) is 86.7 Å². The molecule has 0 radical (unpaired) electrons. The lowest BCUT2D eigenvalue weighted by atomic mass is 10.3. The molecule has 0 aliphatic heterocycles. The summed E-state index contributed by atoms with van der Waals surface area (Å²) in [4.78, 5) is 4.26. The van der Waals surface area contributed by atoms with Gasteiger partial charge in [-0.25, -0.2) is 4.68 Å². The van der Waals surface area contributed by atoms with Crippen molar-refractivity contribution in [3.8, 4) is 5.69 Å². The Morgan fingerprint density at radius 3 is 2.83 bits per heavy atom.